The van der Waals surface area contributed by atoms with Crippen LogP contribution in [0.25, 0.3) is 0 Å². The summed E-state index contributed by atoms with van der Waals surface area (Å²) < 4.78 is 12.9. The van der Waals surface area contributed by atoms with E-state index in [-0.39, 0.29) is 6.10 Å². The lowest BCUT2D eigenvalue weighted by molar-refractivity contribution is 0.148. The zero-order valence-electron chi connectivity index (χ0n) is 11.9. The molecule has 3 nitrogen and oxygen atoms in total. The van der Waals surface area contributed by atoms with E-state index in [4.69, 9.17) is 9.47 Å². The molecule has 1 heterocycles. The van der Waals surface area contributed by atoms with Crippen molar-refractivity contribution in [2.45, 2.75) is 19.1 Å². The second kappa shape index (κ2) is 6.50. The number of benzene rings is 2. The van der Waals surface area contributed by atoms with Gasteiger partial charge in [-0.1, -0.05) is 28.1 Å². The molecule has 0 bridgehead atoms. The molecule has 0 spiro atoms. The fourth-order valence-corrected chi connectivity index (χ4v) is 2.93. The van der Waals surface area contributed by atoms with Gasteiger partial charge < -0.3 is 14.8 Å². The van der Waals surface area contributed by atoms with Gasteiger partial charge in [0, 0.05) is 17.4 Å². The molecule has 4 heteroatoms. The molecule has 2 aromatic carbocycles. The first kappa shape index (κ1) is 14.4. The van der Waals surface area contributed by atoms with Crippen LogP contribution in [0.3, 0.4) is 0 Å². The third-order valence-electron chi connectivity index (χ3n) is 3.48. The summed E-state index contributed by atoms with van der Waals surface area (Å²) in [5.41, 5.74) is 2.46. The van der Waals surface area contributed by atoms with Crippen molar-refractivity contribution in [2.75, 3.05) is 13.7 Å². The van der Waals surface area contributed by atoms with Gasteiger partial charge in [0.05, 0.1) is 0 Å². The molecular weight excluding hydrogens is 330 g/mol. The molecule has 0 saturated heterocycles. The topological polar surface area (TPSA) is 30.5 Å². The molecule has 21 heavy (non-hydrogen) atoms. The summed E-state index contributed by atoms with van der Waals surface area (Å²) in [7, 11) is 1.94. The van der Waals surface area contributed by atoms with Crippen molar-refractivity contribution in [1.82, 2.24) is 5.32 Å². The Morgan fingerprint density at radius 3 is 3.05 bits per heavy atom. The summed E-state index contributed by atoms with van der Waals surface area (Å²) in [6.45, 7) is 1.41. The molecule has 1 unspecified atom stereocenters. The van der Waals surface area contributed by atoms with E-state index < -0.39 is 0 Å². The fourth-order valence-electron chi connectivity index (χ4n) is 2.52. The molecule has 0 aromatic heterocycles. The summed E-state index contributed by atoms with van der Waals surface area (Å²) in [6, 6.07) is 14.3. The summed E-state index contributed by atoms with van der Waals surface area (Å²) >= 11 is 3.49. The molecule has 3 rings (SSSR count). The van der Waals surface area contributed by atoms with Gasteiger partial charge in [0.1, 0.15) is 24.2 Å². The summed E-state index contributed by atoms with van der Waals surface area (Å²) in [5.74, 6) is 1.86. The minimum Gasteiger partial charge on any atom is -0.490 e. The third kappa shape index (κ3) is 3.57. The van der Waals surface area contributed by atoms with E-state index in [1.165, 1.54) is 11.1 Å². The maximum atomic E-state index is 5.90. The molecule has 1 atom stereocenters. The largest absolute Gasteiger partial charge is 0.490 e. The standard InChI is InChI=1S/C17H18BrNO2/c1-19-10-12-3-2-4-15(7-12)20-11-16-9-13-8-14(18)5-6-17(13)21-16/h2-8,16,19H,9-11H2,1H3. The van der Waals surface area contributed by atoms with Crippen molar-refractivity contribution in [1.29, 1.82) is 0 Å². The predicted molar refractivity (Wildman–Crippen MR) is 87.0 cm³/mol. The first-order chi connectivity index (χ1) is 10.2. The number of hydrogen-bond donors (Lipinski definition) is 1. The molecule has 110 valence electrons. The second-order valence-electron chi connectivity index (χ2n) is 5.18. The number of ether oxygens (including phenoxy) is 2. The summed E-state index contributed by atoms with van der Waals surface area (Å²) in [5, 5.41) is 3.14. The van der Waals surface area contributed by atoms with Gasteiger partial charge in [0.25, 0.3) is 0 Å². The van der Waals surface area contributed by atoms with Gasteiger partial charge in [-0.3, -0.25) is 0 Å². The van der Waals surface area contributed by atoms with E-state index in [1.54, 1.807) is 0 Å². The van der Waals surface area contributed by atoms with Crippen LogP contribution in [0.5, 0.6) is 11.5 Å². The fraction of sp³-hybridized carbons (Fsp3) is 0.294. The summed E-state index contributed by atoms with van der Waals surface area (Å²) in [6.07, 6.45) is 0.979. The number of hydrogen-bond acceptors (Lipinski definition) is 3. The average molecular weight is 348 g/mol. The molecule has 0 radical (unpaired) electrons. The van der Waals surface area contributed by atoms with Gasteiger partial charge in [0.15, 0.2) is 0 Å². The highest BCUT2D eigenvalue weighted by molar-refractivity contribution is 9.10. The number of rotatable bonds is 5. The number of fused-ring (bicyclic) bond motifs is 1. The highest BCUT2D eigenvalue weighted by Gasteiger charge is 2.23. The smallest absolute Gasteiger partial charge is 0.137 e. The molecule has 1 aliphatic rings. The van der Waals surface area contributed by atoms with Gasteiger partial charge in [0.2, 0.25) is 0 Å². The Morgan fingerprint density at radius 1 is 1.29 bits per heavy atom. The minimum absolute atomic E-state index is 0.0854. The Morgan fingerprint density at radius 2 is 2.19 bits per heavy atom. The van der Waals surface area contributed by atoms with Crippen LogP contribution in [0, 0.1) is 0 Å². The predicted octanol–water partition coefficient (Wildman–Crippen LogP) is 3.55. The molecule has 2 aromatic rings. The van der Waals surface area contributed by atoms with Crippen molar-refractivity contribution < 1.29 is 9.47 Å². The SMILES string of the molecule is CNCc1cccc(OCC2Cc3cc(Br)ccc3O2)c1. The van der Waals surface area contributed by atoms with E-state index in [1.807, 2.05) is 31.3 Å². The first-order valence-corrected chi connectivity index (χ1v) is 7.85. The van der Waals surface area contributed by atoms with Gasteiger partial charge in [-0.25, -0.2) is 0 Å². The minimum atomic E-state index is 0.0854. The van der Waals surface area contributed by atoms with Crippen molar-refractivity contribution in [2.24, 2.45) is 0 Å². The van der Waals surface area contributed by atoms with Crippen LogP contribution in [0.4, 0.5) is 0 Å². The molecule has 1 N–H and O–H groups in total. The lowest BCUT2D eigenvalue weighted by Gasteiger charge is -2.13. The zero-order chi connectivity index (χ0) is 14.7. The number of halogens is 1. The van der Waals surface area contributed by atoms with Gasteiger partial charge in [-0.15, -0.1) is 0 Å². The molecule has 0 amide bonds. The van der Waals surface area contributed by atoms with Crippen LogP contribution in [-0.4, -0.2) is 19.8 Å². The van der Waals surface area contributed by atoms with Crippen LogP contribution < -0.4 is 14.8 Å². The van der Waals surface area contributed by atoms with Crippen molar-refractivity contribution in [3.05, 3.63) is 58.1 Å². The first-order valence-electron chi connectivity index (χ1n) is 7.06. The van der Waals surface area contributed by atoms with Crippen LogP contribution >= 0.6 is 15.9 Å². The third-order valence-corrected chi connectivity index (χ3v) is 3.97. The van der Waals surface area contributed by atoms with E-state index in [0.29, 0.717) is 6.61 Å². The van der Waals surface area contributed by atoms with Crippen molar-refractivity contribution >= 4 is 15.9 Å². The average Bonchev–Trinajstić information content (AvgIpc) is 2.88. The van der Waals surface area contributed by atoms with E-state index in [2.05, 4.69) is 39.4 Å². The molecular formula is C17H18BrNO2. The highest BCUT2D eigenvalue weighted by Crippen LogP contribution is 2.31. The lowest BCUT2D eigenvalue weighted by atomic mass is 10.1. The van der Waals surface area contributed by atoms with Gasteiger partial charge in [-0.2, -0.15) is 0 Å². The Balaban J connectivity index is 1.58. The molecule has 0 aliphatic carbocycles. The van der Waals surface area contributed by atoms with Crippen molar-refractivity contribution in [3.8, 4) is 11.5 Å². The molecule has 0 fully saturated rings. The number of nitrogens with one attached hydrogen (secondary N) is 1. The van der Waals surface area contributed by atoms with Crippen LogP contribution in [-0.2, 0) is 13.0 Å². The monoisotopic (exact) mass is 347 g/mol. The van der Waals surface area contributed by atoms with Crippen LogP contribution in [0.15, 0.2) is 46.9 Å². The molecule has 1 aliphatic heterocycles. The Kier molecular flexibility index (Phi) is 4.46. The maximum Gasteiger partial charge on any atom is 0.137 e. The summed E-state index contributed by atoms with van der Waals surface area (Å²) in [4.78, 5) is 0. The quantitative estimate of drug-likeness (QED) is 0.897. The zero-order valence-corrected chi connectivity index (χ0v) is 13.5. The second-order valence-corrected chi connectivity index (χ2v) is 6.10. The van der Waals surface area contributed by atoms with E-state index >= 15 is 0 Å². The Bertz CT molecular complexity index is 630. The van der Waals surface area contributed by atoms with Crippen molar-refractivity contribution in [3.63, 3.8) is 0 Å². The van der Waals surface area contributed by atoms with E-state index in [9.17, 15) is 0 Å². The van der Waals surface area contributed by atoms with Gasteiger partial charge >= 0.3 is 0 Å². The Hall–Kier alpha value is -1.52. The maximum absolute atomic E-state index is 5.90. The normalized spacial score (nSPS) is 16.4. The van der Waals surface area contributed by atoms with Crippen LogP contribution in [0.2, 0.25) is 0 Å². The van der Waals surface area contributed by atoms with Gasteiger partial charge in [-0.05, 0) is 48.5 Å². The highest BCUT2D eigenvalue weighted by atomic mass is 79.9. The van der Waals surface area contributed by atoms with Crippen LogP contribution in [0.1, 0.15) is 11.1 Å². The molecule has 0 saturated carbocycles. The Labute approximate surface area is 133 Å². The van der Waals surface area contributed by atoms with E-state index in [0.717, 1.165) is 28.9 Å². The lowest BCUT2D eigenvalue weighted by Crippen LogP contribution is -2.22.